The first-order valence-corrected chi connectivity index (χ1v) is 19.2. The van der Waals surface area contributed by atoms with Crippen LogP contribution in [0.2, 0.25) is 0 Å². The summed E-state index contributed by atoms with van der Waals surface area (Å²) in [6, 6.07) is 16.0. The molecule has 0 saturated heterocycles. The maximum Gasteiger partial charge on any atom is 0.372 e. The second kappa shape index (κ2) is 12.1. The van der Waals surface area contributed by atoms with E-state index in [0.29, 0.717) is 18.4 Å². The molecule has 2 aromatic rings. The quantitative estimate of drug-likeness (QED) is 0.175. The minimum atomic E-state index is -0.429. The van der Waals surface area contributed by atoms with Gasteiger partial charge in [0.1, 0.15) is 12.7 Å². The number of esters is 2. The van der Waals surface area contributed by atoms with Crippen LogP contribution in [0.1, 0.15) is 118 Å². The summed E-state index contributed by atoms with van der Waals surface area (Å²) >= 11 is 0. The van der Waals surface area contributed by atoms with E-state index in [2.05, 4.69) is 66.7 Å². The maximum atomic E-state index is 14.3. The van der Waals surface area contributed by atoms with Crippen molar-refractivity contribution < 1.29 is 23.6 Å². The Morgan fingerprint density at radius 3 is 2.22 bits per heavy atom. The molecule has 7 rings (SSSR count). The summed E-state index contributed by atoms with van der Waals surface area (Å²) in [7, 11) is 0. The standard InChI is InChI=1S/C44H60NO4/c1-39(2)22-24-44(38(47)48-30-31-14-10-8-11-15-31)25-23-42(6)32(33(44)28-39)16-17-35-41(5)20-19-36(40(3,4)34(41)18-21-43(35,42)7)49-37(46)29-45-26-12-9-13-27-45/h8-16,26-27,33-36H,17-25,28-30H2,1-7H3/q+1/t33-,34-,35+,36-,41-,42+,43+,44-/m0/s1. The van der Waals surface area contributed by atoms with Crippen molar-refractivity contribution in [2.45, 2.75) is 132 Å². The Balaban J connectivity index is 1.15. The summed E-state index contributed by atoms with van der Waals surface area (Å²) in [4.78, 5) is 27.5. The fraction of sp³-hybridized carbons (Fsp3) is 0.659. The zero-order valence-electron chi connectivity index (χ0n) is 31.2. The fourth-order valence-electron chi connectivity index (χ4n) is 12.5. The molecule has 0 radical (unpaired) electrons. The minimum Gasteiger partial charge on any atom is -0.460 e. The highest BCUT2D eigenvalue weighted by atomic mass is 16.5. The molecule has 8 atom stereocenters. The number of carbonyl (C=O) groups excluding carboxylic acids is 2. The van der Waals surface area contributed by atoms with E-state index in [1.807, 2.05) is 53.4 Å². The Morgan fingerprint density at radius 1 is 0.796 bits per heavy atom. The molecule has 1 heterocycles. The van der Waals surface area contributed by atoms with Gasteiger partial charge in [-0.3, -0.25) is 4.79 Å². The van der Waals surface area contributed by atoms with E-state index in [1.54, 1.807) is 5.57 Å². The number of fused-ring (bicyclic) bond motifs is 7. The highest BCUT2D eigenvalue weighted by Crippen LogP contribution is 2.76. The number of aromatic nitrogens is 1. The number of rotatable bonds is 6. The molecule has 0 aliphatic heterocycles. The second-order valence-corrected chi connectivity index (χ2v) is 18.8. The molecule has 0 spiro atoms. The number of carbonyl (C=O) groups is 2. The van der Waals surface area contributed by atoms with Crippen LogP contribution < -0.4 is 4.57 Å². The molecular formula is C44H60NO4+. The van der Waals surface area contributed by atoms with Crippen LogP contribution in [0.5, 0.6) is 0 Å². The first-order chi connectivity index (χ1) is 23.1. The lowest BCUT2D eigenvalue weighted by molar-refractivity contribution is -0.686. The number of allylic oxidation sites excluding steroid dienone is 2. The molecule has 264 valence electrons. The molecule has 4 saturated carbocycles. The highest BCUT2D eigenvalue weighted by molar-refractivity contribution is 5.79. The van der Waals surface area contributed by atoms with Crippen molar-refractivity contribution in [3.63, 3.8) is 0 Å². The predicted octanol–water partition coefficient (Wildman–Crippen LogP) is 9.43. The van der Waals surface area contributed by atoms with E-state index < -0.39 is 5.41 Å². The van der Waals surface area contributed by atoms with E-state index in [0.717, 1.165) is 63.4 Å². The van der Waals surface area contributed by atoms with Crippen LogP contribution in [0.3, 0.4) is 0 Å². The van der Waals surface area contributed by atoms with Crippen molar-refractivity contribution in [3.8, 4) is 0 Å². The van der Waals surface area contributed by atoms with Gasteiger partial charge in [-0.2, -0.15) is 4.57 Å². The fourth-order valence-corrected chi connectivity index (χ4v) is 12.5. The van der Waals surface area contributed by atoms with E-state index in [4.69, 9.17) is 9.47 Å². The maximum absolute atomic E-state index is 14.3. The molecule has 5 nitrogen and oxygen atoms in total. The lowest BCUT2D eigenvalue weighted by Gasteiger charge is -2.71. The first-order valence-electron chi connectivity index (χ1n) is 19.2. The van der Waals surface area contributed by atoms with Gasteiger partial charge in [0.15, 0.2) is 12.4 Å². The van der Waals surface area contributed by atoms with Gasteiger partial charge in [-0.1, -0.05) is 96.5 Å². The Hall–Kier alpha value is -2.95. The number of hydrogen-bond donors (Lipinski definition) is 0. The van der Waals surface area contributed by atoms with E-state index >= 15 is 0 Å². The van der Waals surface area contributed by atoms with Gasteiger partial charge in [-0.25, -0.2) is 4.79 Å². The summed E-state index contributed by atoms with van der Waals surface area (Å²) in [5, 5.41) is 0. The average molecular weight is 667 g/mol. The van der Waals surface area contributed by atoms with Gasteiger partial charge in [-0.15, -0.1) is 0 Å². The van der Waals surface area contributed by atoms with Crippen LogP contribution in [0.4, 0.5) is 0 Å². The third-order valence-corrected chi connectivity index (χ3v) is 15.6. The zero-order chi connectivity index (χ0) is 34.9. The first kappa shape index (κ1) is 34.5. The number of hydrogen-bond acceptors (Lipinski definition) is 4. The molecule has 1 aromatic carbocycles. The van der Waals surface area contributed by atoms with Crippen molar-refractivity contribution in [3.05, 3.63) is 78.1 Å². The normalized spacial score (nSPS) is 38.8. The third kappa shape index (κ3) is 5.51. The van der Waals surface area contributed by atoms with E-state index in [-0.39, 0.29) is 57.6 Å². The van der Waals surface area contributed by atoms with Gasteiger partial charge in [-0.05, 0) is 109 Å². The lowest BCUT2D eigenvalue weighted by Crippen LogP contribution is -2.65. The Bertz CT molecular complexity index is 1600. The van der Waals surface area contributed by atoms with Crippen molar-refractivity contribution in [1.29, 1.82) is 0 Å². The SMILES string of the molecule is CC1(C)CC[C@]2(C(=O)OCc3ccccc3)CC[C@]3(C)C(=CC[C@@H]4[C@@]5(C)CC[C@H](OC(=O)C[n+]6ccccc6)C(C)(C)[C@@H]5CC[C@]43C)[C@@H]2C1. The van der Waals surface area contributed by atoms with Crippen molar-refractivity contribution in [2.75, 3.05) is 0 Å². The summed E-state index contributed by atoms with van der Waals surface area (Å²) in [6.07, 6.45) is 16.8. The lowest BCUT2D eigenvalue weighted by atomic mass is 9.33. The molecule has 1 aromatic heterocycles. The third-order valence-electron chi connectivity index (χ3n) is 15.6. The van der Waals surface area contributed by atoms with Gasteiger partial charge in [0.05, 0.1) is 5.41 Å². The van der Waals surface area contributed by atoms with Crippen LogP contribution in [0.25, 0.3) is 0 Å². The van der Waals surface area contributed by atoms with Crippen LogP contribution in [0, 0.1) is 50.2 Å². The summed E-state index contributed by atoms with van der Waals surface area (Å²) in [5.74, 6) is 1.16. The zero-order valence-corrected chi connectivity index (χ0v) is 31.2. The van der Waals surface area contributed by atoms with Crippen LogP contribution in [-0.4, -0.2) is 18.0 Å². The van der Waals surface area contributed by atoms with Gasteiger partial charge in [0, 0.05) is 17.5 Å². The molecule has 5 aliphatic carbocycles. The minimum absolute atomic E-state index is 0.0306. The molecule has 5 heteroatoms. The van der Waals surface area contributed by atoms with Crippen molar-refractivity contribution in [1.82, 2.24) is 0 Å². The number of ether oxygens (including phenoxy) is 2. The number of nitrogens with zero attached hydrogens (tertiary/aromatic N) is 1. The molecule has 5 aliphatic rings. The van der Waals surface area contributed by atoms with E-state index in [1.165, 1.54) is 6.42 Å². The van der Waals surface area contributed by atoms with Crippen molar-refractivity contribution >= 4 is 11.9 Å². The topological polar surface area (TPSA) is 56.5 Å². The van der Waals surface area contributed by atoms with Crippen molar-refractivity contribution in [2.24, 2.45) is 50.2 Å². The van der Waals surface area contributed by atoms with Crippen LogP contribution in [-0.2, 0) is 32.2 Å². The average Bonchev–Trinajstić information content (AvgIpc) is 3.06. The second-order valence-electron chi connectivity index (χ2n) is 18.8. The monoisotopic (exact) mass is 666 g/mol. The highest BCUT2D eigenvalue weighted by Gasteiger charge is 2.69. The number of pyridine rings is 1. The molecule has 0 amide bonds. The Morgan fingerprint density at radius 2 is 1.49 bits per heavy atom. The summed E-state index contributed by atoms with van der Waals surface area (Å²) < 4.78 is 14.4. The smallest absolute Gasteiger partial charge is 0.372 e. The number of benzene rings is 1. The van der Waals surface area contributed by atoms with Gasteiger partial charge in [0.25, 0.3) is 0 Å². The van der Waals surface area contributed by atoms with Crippen LogP contribution >= 0.6 is 0 Å². The Kier molecular flexibility index (Phi) is 8.51. The summed E-state index contributed by atoms with van der Waals surface area (Å²) in [5.41, 5.74) is 2.65. The molecule has 49 heavy (non-hydrogen) atoms. The van der Waals surface area contributed by atoms with E-state index in [9.17, 15) is 9.59 Å². The molecule has 4 fully saturated rings. The molecule has 0 bridgehead atoms. The Labute approximate surface area is 295 Å². The van der Waals surface area contributed by atoms with Gasteiger partial charge in [0.2, 0.25) is 6.54 Å². The van der Waals surface area contributed by atoms with Gasteiger partial charge < -0.3 is 9.47 Å². The van der Waals surface area contributed by atoms with Gasteiger partial charge >= 0.3 is 11.9 Å². The molecular weight excluding hydrogens is 606 g/mol. The predicted molar refractivity (Wildman–Crippen MR) is 192 cm³/mol. The molecule has 0 unspecified atom stereocenters. The van der Waals surface area contributed by atoms with Crippen LogP contribution in [0.15, 0.2) is 72.6 Å². The molecule has 0 N–H and O–H groups in total. The summed E-state index contributed by atoms with van der Waals surface area (Å²) in [6.45, 7) is 17.9. The largest absolute Gasteiger partial charge is 0.460 e.